The van der Waals surface area contributed by atoms with Crippen LogP contribution in [0.15, 0.2) is 24.7 Å². The molecule has 2 aromatic heterocycles. The summed E-state index contributed by atoms with van der Waals surface area (Å²) in [5.41, 5.74) is 1.79. The second kappa shape index (κ2) is 7.25. The fraction of sp³-hybridized carbons (Fsp3) is 0.529. The third kappa shape index (κ3) is 3.72. The quantitative estimate of drug-likeness (QED) is 0.881. The molecule has 0 saturated carbocycles. The number of nitrogens with zero attached hydrogens (tertiary/aromatic N) is 3. The molecule has 0 radical (unpaired) electrons. The molecule has 2 N–H and O–H groups in total. The molecule has 0 aliphatic carbocycles. The smallest absolute Gasteiger partial charge is 0.265 e. The predicted octanol–water partition coefficient (Wildman–Crippen LogP) is 3.23. The van der Waals surface area contributed by atoms with Gasteiger partial charge in [0.25, 0.3) is 6.43 Å². The maximum absolute atomic E-state index is 13.6. The van der Waals surface area contributed by atoms with Crippen LogP contribution in [-0.4, -0.2) is 40.9 Å². The van der Waals surface area contributed by atoms with Crippen molar-refractivity contribution in [1.82, 2.24) is 20.5 Å². The van der Waals surface area contributed by atoms with Crippen molar-refractivity contribution in [3.63, 3.8) is 0 Å². The zero-order chi connectivity index (χ0) is 17.1. The van der Waals surface area contributed by atoms with Crippen LogP contribution >= 0.6 is 0 Å². The number of pyridine rings is 1. The average Bonchev–Trinajstić information content (AvgIpc) is 3.08. The van der Waals surface area contributed by atoms with Crippen LogP contribution in [0.2, 0.25) is 0 Å². The Bertz CT molecular complexity index is 657. The van der Waals surface area contributed by atoms with Gasteiger partial charge in [-0.15, -0.1) is 0 Å². The summed E-state index contributed by atoms with van der Waals surface area (Å²) < 4.78 is 27.2. The molecular weight excluding hydrogens is 312 g/mol. The molecule has 130 valence electrons. The van der Waals surface area contributed by atoms with Crippen LogP contribution in [0, 0.1) is 5.92 Å². The van der Waals surface area contributed by atoms with Crippen LogP contribution in [0.3, 0.4) is 0 Å². The highest BCUT2D eigenvalue weighted by atomic mass is 19.3. The summed E-state index contributed by atoms with van der Waals surface area (Å²) in [7, 11) is 0. The molecule has 1 aliphatic heterocycles. The molecule has 0 aromatic carbocycles. The molecule has 0 bridgehead atoms. The Labute approximate surface area is 140 Å². The number of H-pyrrole nitrogens is 1. The average molecular weight is 335 g/mol. The number of hydrogen-bond donors (Lipinski definition) is 2. The van der Waals surface area contributed by atoms with Gasteiger partial charge in [-0.2, -0.15) is 5.10 Å². The molecule has 1 fully saturated rings. The highest BCUT2D eigenvalue weighted by molar-refractivity contribution is 5.64. The normalized spacial score (nSPS) is 18.6. The van der Waals surface area contributed by atoms with Gasteiger partial charge < -0.3 is 10.2 Å². The Hall–Kier alpha value is -2.02. The number of halogens is 2. The summed E-state index contributed by atoms with van der Waals surface area (Å²) in [6.45, 7) is 6.58. The highest BCUT2D eigenvalue weighted by Crippen LogP contribution is 2.33. The van der Waals surface area contributed by atoms with Crippen LogP contribution in [-0.2, 0) is 0 Å². The summed E-state index contributed by atoms with van der Waals surface area (Å²) in [5, 5.41) is 10.0. The lowest BCUT2D eigenvalue weighted by Crippen LogP contribution is -2.51. The molecule has 1 saturated heterocycles. The van der Waals surface area contributed by atoms with E-state index in [1.54, 1.807) is 18.6 Å². The number of anilines is 1. The molecule has 24 heavy (non-hydrogen) atoms. The highest BCUT2D eigenvalue weighted by Gasteiger charge is 2.25. The molecule has 7 heteroatoms. The molecule has 5 nitrogen and oxygen atoms in total. The second-order valence-corrected chi connectivity index (χ2v) is 6.64. The summed E-state index contributed by atoms with van der Waals surface area (Å²) in [6.07, 6.45) is 3.30. The number of aromatic amines is 1. The zero-order valence-corrected chi connectivity index (χ0v) is 14.0. The van der Waals surface area contributed by atoms with Gasteiger partial charge in [-0.1, -0.05) is 13.8 Å². The summed E-state index contributed by atoms with van der Waals surface area (Å²) in [6, 6.07) is 1.79. The minimum absolute atomic E-state index is 0.0337. The summed E-state index contributed by atoms with van der Waals surface area (Å²) in [5.74, 6) is 0.568. The molecule has 1 unspecified atom stereocenters. The maximum atomic E-state index is 13.6. The van der Waals surface area contributed by atoms with E-state index in [1.807, 2.05) is 4.90 Å². The fourth-order valence-electron chi connectivity index (χ4n) is 3.22. The molecule has 1 aliphatic rings. The van der Waals surface area contributed by atoms with Crippen molar-refractivity contribution in [3.8, 4) is 11.3 Å². The lowest BCUT2D eigenvalue weighted by molar-refractivity contribution is 0.151. The van der Waals surface area contributed by atoms with Gasteiger partial charge in [-0.05, 0) is 18.4 Å². The largest absolute Gasteiger partial charge is 0.367 e. The third-order valence-corrected chi connectivity index (χ3v) is 4.30. The van der Waals surface area contributed by atoms with E-state index in [-0.39, 0.29) is 5.56 Å². The van der Waals surface area contributed by atoms with Crippen molar-refractivity contribution in [2.75, 3.05) is 24.5 Å². The SMILES string of the molecule is CC(C)CC1CN(c2cnc(-c3cn[nH]c3)cc2C(F)F)CCN1. The first kappa shape index (κ1) is 16.8. The number of nitrogens with one attached hydrogen (secondary N) is 2. The van der Waals surface area contributed by atoms with Crippen molar-refractivity contribution in [2.45, 2.75) is 32.7 Å². The lowest BCUT2D eigenvalue weighted by atomic mass is 10.0. The Morgan fingerprint density at radius 2 is 2.17 bits per heavy atom. The van der Waals surface area contributed by atoms with Crippen LogP contribution in [0.4, 0.5) is 14.5 Å². The van der Waals surface area contributed by atoms with Gasteiger partial charge in [0.1, 0.15) is 0 Å². The van der Waals surface area contributed by atoms with Crippen molar-refractivity contribution in [3.05, 3.63) is 30.2 Å². The van der Waals surface area contributed by atoms with Crippen LogP contribution in [0.5, 0.6) is 0 Å². The van der Waals surface area contributed by atoms with Gasteiger partial charge in [0, 0.05) is 43.0 Å². The van der Waals surface area contributed by atoms with E-state index in [0.29, 0.717) is 35.4 Å². The minimum Gasteiger partial charge on any atom is -0.367 e. The molecular formula is C17H23F2N5. The molecule has 3 rings (SSSR count). The van der Waals surface area contributed by atoms with E-state index in [0.717, 1.165) is 19.5 Å². The fourth-order valence-corrected chi connectivity index (χ4v) is 3.22. The molecule has 1 atom stereocenters. The predicted molar refractivity (Wildman–Crippen MR) is 90.2 cm³/mol. The summed E-state index contributed by atoms with van der Waals surface area (Å²) in [4.78, 5) is 6.39. The van der Waals surface area contributed by atoms with E-state index >= 15 is 0 Å². The monoisotopic (exact) mass is 335 g/mol. The molecule has 0 amide bonds. The Balaban J connectivity index is 1.86. The Kier molecular flexibility index (Phi) is 5.08. The van der Waals surface area contributed by atoms with Crippen molar-refractivity contribution >= 4 is 5.69 Å². The lowest BCUT2D eigenvalue weighted by Gasteiger charge is -2.36. The van der Waals surface area contributed by atoms with Crippen LogP contribution < -0.4 is 10.2 Å². The third-order valence-electron chi connectivity index (χ3n) is 4.30. The van der Waals surface area contributed by atoms with E-state index in [1.165, 1.54) is 6.07 Å². The zero-order valence-electron chi connectivity index (χ0n) is 14.0. The van der Waals surface area contributed by atoms with Crippen LogP contribution in [0.1, 0.15) is 32.3 Å². The van der Waals surface area contributed by atoms with Gasteiger partial charge in [-0.25, -0.2) is 8.78 Å². The number of alkyl halides is 2. The Morgan fingerprint density at radius 1 is 1.33 bits per heavy atom. The number of aromatic nitrogens is 3. The van der Waals surface area contributed by atoms with Gasteiger partial charge in [0.2, 0.25) is 0 Å². The van der Waals surface area contributed by atoms with E-state index in [9.17, 15) is 8.78 Å². The van der Waals surface area contributed by atoms with E-state index in [4.69, 9.17) is 0 Å². The first-order valence-corrected chi connectivity index (χ1v) is 8.30. The van der Waals surface area contributed by atoms with Gasteiger partial charge in [0.15, 0.2) is 0 Å². The van der Waals surface area contributed by atoms with Gasteiger partial charge in [-0.3, -0.25) is 10.1 Å². The van der Waals surface area contributed by atoms with Crippen LogP contribution in [0.25, 0.3) is 11.3 Å². The minimum atomic E-state index is -2.54. The topological polar surface area (TPSA) is 56.8 Å². The number of rotatable bonds is 5. The standard InChI is InChI=1S/C17H23F2N5/c1-11(2)5-13-10-24(4-3-20-13)16-9-21-15(6-14(16)17(18)19)12-7-22-23-8-12/h6-9,11,13,17,20H,3-5,10H2,1-2H3,(H,22,23). The first-order chi connectivity index (χ1) is 11.5. The Morgan fingerprint density at radius 3 is 2.83 bits per heavy atom. The molecule has 3 heterocycles. The van der Waals surface area contributed by atoms with E-state index in [2.05, 4.69) is 34.3 Å². The van der Waals surface area contributed by atoms with Gasteiger partial charge in [0.05, 0.1) is 23.8 Å². The first-order valence-electron chi connectivity index (χ1n) is 8.30. The van der Waals surface area contributed by atoms with Crippen molar-refractivity contribution < 1.29 is 8.78 Å². The second-order valence-electron chi connectivity index (χ2n) is 6.64. The van der Waals surface area contributed by atoms with E-state index < -0.39 is 6.43 Å². The number of piperazine rings is 1. The van der Waals surface area contributed by atoms with Gasteiger partial charge >= 0.3 is 0 Å². The maximum Gasteiger partial charge on any atom is 0.265 e. The van der Waals surface area contributed by atoms with Crippen molar-refractivity contribution in [1.29, 1.82) is 0 Å². The summed E-state index contributed by atoms with van der Waals surface area (Å²) >= 11 is 0. The van der Waals surface area contributed by atoms with Crippen molar-refractivity contribution in [2.24, 2.45) is 5.92 Å². The number of hydrogen-bond acceptors (Lipinski definition) is 4. The molecule has 2 aromatic rings. The molecule has 0 spiro atoms.